The van der Waals surface area contributed by atoms with Crippen LogP contribution in [0, 0.1) is 28.6 Å². The van der Waals surface area contributed by atoms with Gasteiger partial charge in [-0.15, -0.1) is 0 Å². The van der Waals surface area contributed by atoms with Gasteiger partial charge in [-0.2, -0.15) is 0 Å². The summed E-state index contributed by atoms with van der Waals surface area (Å²) >= 11 is 0. The Kier molecular flexibility index (Phi) is 3.03. The van der Waals surface area contributed by atoms with Crippen molar-refractivity contribution in [1.29, 1.82) is 0 Å². The molecule has 0 bridgehead atoms. The molecule has 0 saturated heterocycles. The summed E-state index contributed by atoms with van der Waals surface area (Å²) in [6.45, 7) is 4.49. The Morgan fingerprint density at radius 3 is 2.82 bits per heavy atom. The van der Waals surface area contributed by atoms with Gasteiger partial charge in [-0.05, 0) is 43.4 Å². The molecule has 7 atom stereocenters. The lowest BCUT2D eigenvalue weighted by Crippen LogP contribution is -2.55. The molecule has 3 nitrogen and oxygen atoms in total. The van der Waals surface area contributed by atoms with Crippen LogP contribution in [-0.4, -0.2) is 23.0 Å². The van der Waals surface area contributed by atoms with E-state index in [9.17, 15) is 9.90 Å². The Morgan fingerprint density at radius 1 is 1.27 bits per heavy atom. The third-order valence-electron chi connectivity index (χ3n) is 7.44. The van der Waals surface area contributed by atoms with Gasteiger partial charge in [0.25, 0.3) is 0 Å². The number of hydrogen-bond donors (Lipinski definition) is 2. The first kappa shape index (κ1) is 14.6. The molecule has 0 spiro atoms. The average molecular weight is 301 g/mol. The summed E-state index contributed by atoms with van der Waals surface area (Å²) in [5.41, 5.74) is 7.76. The van der Waals surface area contributed by atoms with Gasteiger partial charge in [-0.3, -0.25) is 4.79 Å². The van der Waals surface area contributed by atoms with Gasteiger partial charge in [0.05, 0.1) is 6.10 Å². The Bertz CT molecular complexity index is 580. The van der Waals surface area contributed by atoms with Gasteiger partial charge in [0.2, 0.25) is 0 Å². The predicted molar refractivity (Wildman–Crippen MR) is 86.0 cm³/mol. The molecular formula is C19H27NO2. The maximum absolute atomic E-state index is 12.4. The maximum atomic E-state index is 12.4. The third-order valence-corrected chi connectivity index (χ3v) is 7.44. The van der Waals surface area contributed by atoms with E-state index >= 15 is 0 Å². The van der Waals surface area contributed by atoms with Crippen molar-refractivity contribution in [3.8, 4) is 0 Å². The molecule has 22 heavy (non-hydrogen) atoms. The molecule has 0 aromatic rings. The molecule has 0 radical (unpaired) electrons. The lowest BCUT2D eigenvalue weighted by molar-refractivity contribution is -0.131. The summed E-state index contributed by atoms with van der Waals surface area (Å²) < 4.78 is 0. The normalized spacial score (nSPS) is 53.5. The van der Waals surface area contributed by atoms with E-state index in [0.717, 1.165) is 25.7 Å². The molecule has 4 aliphatic carbocycles. The minimum atomic E-state index is -0.370. The zero-order valence-corrected chi connectivity index (χ0v) is 13.6. The SMILES string of the molecule is C[C@]12C=CC(O)CC1=CC(N)[C@@H]1[C@H]2CC[C@]2(C)C(=O)CC[C@@H]12. The van der Waals surface area contributed by atoms with Gasteiger partial charge in [0, 0.05) is 23.3 Å². The number of Topliss-reactive ketones (excluding diaryl/α,β-unsaturated/α-hetero) is 1. The van der Waals surface area contributed by atoms with Crippen molar-refractivity contribution in [2.75, 3.05) is 0 Å². The fourth-order valence-electron chi connectivity index (χ4n) is 6.09. The highest BCUT2D eigenvalue weighted by Crippen LogP contribution is 2.62. The quantitative estimate of drug-likeness (QED) is 0.676. The topological polar surface area (TPSA) is 63.3 Å². The summed E-state index contributed by atoms with van der Waals surface area (Å²) in [4.78, 5) is 12.4. The zero-order valence-electron chi connectivity index (χ0n) is 13.6. The van der Waals surface area contributed by atoms with Gasteiger partial charge in [-0.1, -0.05) is 37.6 Å². The largest absolute Gasteiger partial charge is 0.389 e. The van der Waals surface area contributed by atoms with E-state index in [1.807, 2.05) is 6.08 Å². The summed E-state index contributed by atoms with van der Waals surface area (Å²) in [6, 6.07) is 0.0299. The van der Waals surface area contributed by atoms with Crippen molar-refractivity contribution in [3.63, 3.8) is 0 Å². The van der Waals surface area contributed by atoms with Crippen molar-refractivity contribution in [2.45, 2.75) is 58.1 Å². The van der Waals surface area contributed by atoms with Gasteiger partial charge < -0.3 is 10.8 Å². The minimum absolute atomic E-state index is 0.0206. The molecule has 3 heteroatoms. The first-order valence-electron chi connectivity index (χ1n) is 8.74. The Balaban J connectivity index is 1.78. The van der Waals surface area contributed by atoms with E-state index in [0.29, 0.717) is 30.0 Å². The first-order valence-corrected chi connectivity index (χ1v) is 8.74. The van der Waals surface area contributed by atoms with Gasteiger partial charge in [-0.25, -0.2) is 0 Å². The minimum Gasteiger partial charge on any atom is -0.389 e. The lowest BCUT2D eigenvalue weighted by atomic mass is 9.48. The van der Waals surface area contributed by atoms with Crippen LogP contribution in [-0.2, 0) is 4.79 Å². The first-order chi connectivity index (χ1) is 10.4. The highest BCUT2D eigenvalue weighted by molar-refractivity contribution is 5.87. The van der Waals surface area contributed by atoms with Gasteiger partial charge in [0.1, 0.15) is 5.78 Å². The van der Waals surface area contributed by atoms with E-state index in [1.165, 1.54) is 5.57 Å². The van der Waals surface area contributed by atoms with E-state index in [4.69, 9.17) is 5.73 Å². The van der Waals surface area contributed by atoms with Crippen LogP contribution in [0.3, 0.4) is 0 Å². The molecule has 0 aliphatic heterocycles. The molecule has 0 aromatic heterocycles. The second-order valence-electron chi connectivity index (χ2n) is 8.39. The smallest absolute Gasteiger partial charge is 0.139 e. The standard InChI is InChI=1S/C19H27NO2/c1-18-7-5-12(21)9-11(18)10-15(20)17-13-3-4-16(22)19(13,2)8-6-14(17)18/h5,7,10,12-15,17,21H,3-4,6,8-9,20H2,1-2H3/t12?,13-,14+,15?,17-,18-,19-/m0/s1. The van der Waals surface area contributed by atoms with Crippen molar-refractivity contribution < 1.29 is 9.90 Å². The monoisotopic (exact) mass is 301 g/mol. The van der Waals surface area contributed by atoms with Crippen LogP contribution < -0.4 is 5.73 Å². The second-order valence-corrected chi connectivity index (χ2v) is 8.39. The Morgan fingerprint density at radius 2 is 2.05 bits per heavy atom. The molecular weight excluding hydrogens is 274 g/mol. The van der Waals surface area contributed by atoms with E-state index in [-0.39, 0.29) is 23.0 Å². The molecule has 0 amide bonds. The molecule has 2 unspecified atom stereocenters. The van der Waals surface area contributed by atoms with Crippen molar-refractivity contribution in [1.82, 2.24) is 0 Å². The van der Waals surface area contributed by atoms with Crippen LogP contribution in [0.25, 0.3) is 0 Å². The number of nitrogens with two attached hydrogens (primary N) is 1. The summed E-state index contributed by atoms with van der Waals surface area (Å²) in [5.74, 6) is 1.80. The van der Waals surface area contributed by atoms with Crippen LogP contribution >= 0.6 is 0 Å². The van der Waals surface area contributed by atoms with Crippen LogP contribution in [0.4, 0.5) is 0 Å². The fourth-order valence-corrected chi connectivity index (χ4v) is 6.09. The fraction of sp³-hybridized carbons (Fsp3) is 0.737. The summed E-state index contributed by atoms with van der Waals surface area (Å²) in [6.07, 6.45) is 10.6. The number of ketones is 1. The number of aliphatic hydroxyl groups is 1. The highest BCUT2D eigenvalue weighted by Gasteiger charge is 2.59. The highest BCUT2D eigenvalue weighted by atomic mass is 16.3. The van der Waals surface area contributed by atoms with Crippen molar-refractivity contribution >= 4 is 5.78 Å². The number of fused-ring (bicyclic) bond motifs is 5. The second kappa shape index (κ2) is 4.55. The number of rotatable bonds is 0. The third kappa shape index (κ3) is 1.73. The molecule has 2 fully saturated rings. The Labute approximate surface area is 132 Å². The van der Waals surface area contributed by atoms with Crippen LogP contribution in [0.1, 0.15) is 46.0 Å². The van der Waals surface area contributed by atoms with Crippen molar-refractivity contribution in [3.05, 3.63) is 23.8 Å². The van der Waals surface area contributed by atoms with Crippen LogP contribution in [0.5, 0.6) is 0 Å². The molecule has 3 N–H and O–H groups in total. The molecule has 2 saturated carbocycles. The van der Waals surface area contributed by atoms with E-state index in [1.54, 1.807) is 0 Å². The molecule has 4 aliphatic rings. The molecule has 4 rings (SSSR count). The van der Waals surface area contributed by atoms with E-state index in [2.05, 4.69) is 26.0 Å². The summed E-state index contributed by atoms with van der Waals surface area (Å²) in [5, 5.41) is 9.96. The van der Waals surface area contributed by atoms with Crippen LogP contribution in [0.15, 0.2) is 23.8 Å². The van der Waals surface area contributed by atoms with Crippen LogP contribution in [0.2, 0.25) is 0 Å². The lowest BCUT2D eigenvalue weighted by Gasteiger charge is -2.56. The zero-order chi connectivity index (χ0) is 15.7. The van der Waals surface area contributed by atoms with Gasteiger partial charge in [0.15, 0.2) is 0 Å². The van der Waals surface area contributed by atoms with Gasteiger partial charge >= 0.3 is 0 Å². The maximum Gasteiger partial charge on any atom is 0.139 e. The Hall–Kier alpha value is -0.930. The van der Waals surface area contributed by atoms with Crippen molar-refractivity contribution in [2.24, 2.45) is 34.3 Å². The number of carbonyl (C=O) groups excluding carboxylic acids is 1. The number of hydrogen-bond acceptors (Lipinski definition) is 3. The number of aliphatic hydroxyl groups excluding tert-OH is 1. The molecule has 0 heterocycles. The number of carbonyl (C=O) groups is 1. The molecule has 120 valence electrons. The average Bonchev–Trinajstić information content (AvgIpc) is 2.77. The summed E-state index contributed by atoms with van der Waals surface area (Å²) in [7, 11) is 0. The predicted octanol–water partition coefficient (Wildman–Crippen LogP) is 2.59. The number of allylic oxidation sites excluding steroid dienone is 1. The molecule has 0 aromatic carbocycles. The van der Waals surface area contributed by atoms with E-state index < -0.39 is 0 Å².